The van der Waals surface area contributed by atoms with Crippen molar-refractivity contribution < 1.29 is 19.1 Å². The molecule has 1 aromatic heterocycles. The zero-order valence-corrected chi connectivity index (χ0v) is 22.1. The number of carbonyl (C=O) groups excluding carboxylic acids is 2. The largest absolute Gasteiger partial charge is 0.468 e. The molecular formula is C30H25ClN4O4. The van der Waals surface area contributed by atoms with Crippen LogP contribution >= 0.6 is 11.6 Å². The molecule has 4 aromatic rings. The van der Waals surface area contributed by atoms with Crippen molar-refractivity contribution in [2.75, 3.05) is 12.4 Å². The highest BCUT2D eigenvalue weighted by Crippen LogP contribution is 2.49. The predicted molar refractivity (Wildman–Crippen MR) is 147 cm³/mol. The molecule has 3 aromatic carbocycles. The summed E-state index contributed by atoms with van der Waals surface area (Å²) in [4.78, 5) is 24.9. The number of nitrogens with one attached hydrogen (secondary N) is 1. The second kappa shape index (κ2) is 10.6. The Kier molecular flexibility index (Phi) is 7.09. The van der Waals surface area contributed by atoms with E-state index in [4.69, 9.17) is 21.1 Å². The number of aromatic nitrogens is 2. The van der Waals surface area contributed by atoms with Gasteiger partial charge in [-0.2, -0.15) is 10.4 Å². The topological polar surface area (TPSA) is 106 Å². The van der Waals surface area contributed by atoms with E-state index in [2.05, 4.69) is 10.4 Å². The number of carbonyl (C=O) groups is 2. The van der Waals surface area contributed by atoms with E-state index in [-0.39, 0.29) is 17.4 Å². The third-order valence-corrected chi connectivity index (χ3v) is 7.29. The fraction of sp³-hybridized carbons (Fsp3) is 0.200. The second-order valence-corrected chi connectivity index (χ2v) is 9.73. The lowest BCUT2D eigenvalue weighted by Crippen LogP contribution is -2.21. The van der Waals surface area contributed by atoms with E-state index in [1.54, 1.807) is 25.1 Å². The Morgan fingerprint density at radius 3 is 2.28 bits per heavy atom. The van der Waals surface area contributed by atoms with Crippen LogP contribution in [0.4, 0.5) is 10.6 Å². The van der Waals surface area contributed by atoms with Gasteiger partial charge in [-0.1, -0.05) is 66.2 Å². The van der Waals surface area contributed by atoms with Crippen molar-refractivity contribution >= 4 is 29.5 Å². The summed E-state index contributed by atoms with van der Waals surface area (Å²) in [6, 6.07) is 24.6. The summed E-state index contributed by atoms with van der Waals surface area (Å²) in [6.07, 6.45) is 1.64. The summed E-state index contributed by atoms with van der Waals surface area (Å²) in [5.74, 6) is 0.00526. The minimum absolute atomic E-state index is 0.191. The van der Waals surface area contributed by atoms with Crippen LogP contribution in [0.5, 0.6) is 0 Å². The minimum atomic E-state index is -0.738. The summed E-state index contributed by atoms with van der Waals surface area (Å²) in [6.45, 7) is 1.72. The van der Waals surface area contributed by atoms with Crippen LogP contribution < -0.4 is 5.32 Å². The first kappa shape index (κ1) is 26.0. The highest BCUT2D eigenvalue weighted by Gasteiger charge is 2.52. The molecule has 1 aliphatic carbocycles. The van der Waals surface area contributed by atoms with Crippen LogP contribution in [0.2, 0.25) is 5.02 Å². The molecule has 196 valence electrons. The number of hydrogen-bond acceptors (Lipinski definition) is 6. The van der Waals surface area contributed by atoms with Crippen LogP contribution in [0.3, 0.4) is 0 Å². The van der Waals surface area contributed by atoms with Crippen molar-refractivity contribution in [2.45, 2.75) is 31.3 Å². The van der Waals surface area contributed by atoms with E-state index in [0.29, 0.717) is 16.3 Å². The minimum Gasteiger partial charge on any atom is -0.468 e. The molecule has 1 saturated carbocycles. The summed E-state index contributed by atoms with van der Waals surface area (Å²) in [5, 5.41) is 17.0. The molecule has 9 heteroatoms. The van der Waals surface area contributed by atoms with Crippen molar-refractivity contribution in [3.05, 3.63) is 101 Å². The lowest BCUT2D eigenvalue weighted by Gasteiger charge is -2.16. The van der Waals surface area contributed by atoms with Gasteiger partial charge >= 0.3 is 12.1 Å². The SMILES string of the molecule is COC(=O)C1(c2ccc(-c3ccc(-n4ncc(C#N)c4NC(=O)OC(C)c4ccccc4Cl)cc3)cc2)CC1. The van der Waals surface area contributed by atoms with Gasteiger partial charge in [0.15, 0.2) is 5.82 Å². The Labute approximate surface area is 230 Å². The number of benzene rings is 3. The molecule has 1 N–H and O–H groups in total. The molecule has 1 atom stereocenters. The van der Waals surface area contributed by atoms with Gasteiger partial charge in [-0.05, 0) is 54.7 Å². The number of methoxy groups -OCH3 is 1. The fourth-order valence-corrected chi connectivity index (χ4v) is 4.90. The number of anilines is 1. The molecule has 0 saturated heterocycles. The number of halogens is 1. The van der Waals surface area contributed by atoms with Crippen LogP contribution in [0, 0.1) is 11.3 Å². The van der Waals surface area contributed by atoms with Crippen LogP contribution in [0.15, 0.2) is 79.0 Å². The van der Waals surface area contributed by atoms with Crippen LogP contribution in [0.1, 0.15) is 42.6 Å². The van der Waals surface area contributed by atoms with E-state index in [1.165, 1.54) is 18.0 Å². The summed E-state index contributed by atoms with van der Waals surface area (Å²) in [7, 11) is 1.42. The zero-order valence-electron chi connectivity index (χ0n) is 21.3. The number of esters is 1. The monoisotopic (exact) mass is 540 g/mol. The first-order valence-corrected chi connectivity index (χ1v) is 12.7. The number of rotatable bonds is 7. The summed E-state index contributed by atoms with van der Waals surface area (Å²) >= 11 is 6.22. The third-order valence-electron chi connectivity index (χ3n) is 6.95. The highest BCUT2D eigenvalue weighted by atomic mass is 35.5. The average Bonchev–Trinajstić information content (AvgIpc) is 3.68. The first-order chi connectivity index (χ1) is 18.9. The van der Waals surface area contributed by atoms with Crippen molar-refractivity contribution in [2.24, 2.45) is 0 Å². The molecule has 1 fully saturated rings. The van der Waals surface area contributed by atoms with Crippen molar-refractivity contribution in [3.63, 3.8) is 0 Å². The van der Waals surface area contributed by atoms with E-state index >= 15 is 0 Å². The van der Waals surface area contributed by atoms with Crippen molar-refractivity contribution in [3.8, 4) is 22.9 Å². The molecular weight excluding hydrogens is 516 g/mol. The molecule has 1 amide bonds. The second-order valence-electron chi connectivity index (χ2n) is 9.32. The lowest BCUT2D eigenvalue weighted by atomic mass is 9.94. The van der Waals surface area contributed by atoms with Gasteiger partial charge in [0, 0.05) is 10.6 Å². The Hall–Kier alpha value is -4.61. The van der Waals surface area contributed by atoms with E-state index in [9.17, 15) is 14.9 Å². The molecule has 0 spiro atoms. The van der Waals surface area contributed by atoms with Crippen molar-refractivity contribution in [1.82, 2.24) is 9.78 Å². The molecule has 1 unspecified atom stereocenters. The smallest absolute Gasteiger partial charge is 0.413 e. The van der Waals surface area contributed by atoms with Gasteiger partial charge in [-0.25, -0.2) is 9.48 Å². The third kappa shape index (κ3) is 5.09. The zero-order chi connectivity index (χ0) is 27.6. The lowest BCUT2D eigenvalue weighted by molar-refractivity contribution is -0.143. The molecule has 0 bridgehead atoms. The van der Waals surface area contributed by atoms with E-state index < -0.39 is 17.6 Å². The quantitative estimate of drug-likeness (QED) is 0.265. The highest BCUT2D eigenvalue weighted by molar-refractivity contribution is 6.31. The van der Waals surface area contributed by atoms with Gasteiger partial charge in [0.25, 0.3) is 0 Å². The van der Waals surface area contributed by atoms with Gasteiger partial charge in [0.2, 0.25) is 0 Å². The standard InChI is InChI=1S/C30H25ClN4O4/c1-19(25-5-3-4-6-26(25)31)39-29(37)34-27-22(17-32)18-33-35(27)24-13-9-21(10-14-24)20-7-11-23(12-8-20)30(15-16-30)28(36)38-2/h3-14,18-19H,15-16H2,1-2H3,(H,34,37). The van der Waals surface area contributed by atoms with Gasteiger partial charge in [0.05, 0.1) is 24.4 Å². The Morgan fingerprint density at radius 2 is 1.69 bits per heavy atom. The summed E-state index contributed by atoms with van der Waals surface area (Å²) in [5.41, 5.74) is 3.91. The van der Waals surface area contributed by atoms with Gasteiger partial charge in [-0.3, -0.25) is 10.1 Å². The first-order valence-electron chi connectivity index (χ1n) is 12.4. The molecule has 39 heavy (non-hydrogen) atoms. The van der Waals surface area contributed by atoms with Crippen molar-refractivity contribution in [1.29, 1.82) is 5.26 Å². The molecule has 8 nitrogen and oxygen atoms in total. The molecule has 1 aliphatic rings. The average molecular weight is 541 g/mol. The maximum atomic E-state index is 12.7. The predicted octanol–water partition coefficient (Wildman–Crippen LogP) is 6.58. The molecule has 0 aliphatic heterocycles. The summed E-state index contributed by atoms with van der Waals surface area (Å²) < 4.78 is 12.0. The van der Waals surface area contributed by atoms with Crippen LogP contribution in [-0.4, -0.2) is 29.0 Å². The normalized spacial score (nSPS) is 14.1. The molecule has 5 rings (SSSR count). The Bertz CT molecular complexity index is 1570. The molecule has 0 radical (unpaired) electrons. The number of amides is 1. The fourth-order valence-electron chi connectivity index (χ4n) is 4.61. The van der Waals surface area contributed by atoms with Gasteiger partial charge in [-0.15, -0.1) is 0 Å². The number of ether oxygens (including phenoxy) is 2. The molecule has 1 heterocycles. The van der Waals surface area contributed by atoms with E-state index in [1.807, 2.05) is 60.7 Å². The Morgan fingerprint density at radius 1 is 1.05 bits per heavy atom. The number of nitriles is 1. The van der Waals surface area contributed by atoms with Gasteiger partial charge < -0.3 is 9.47 Å². The van der Waals surface area contributed by atoms with E-state index in [0.717, 1.165) is 29.5 Å². The maximum absolute atomic E-state index is 12.7. The van der Waals surface area contributed by atoms with Crippen LogP contribution in [0.25, 0.3) is 16.8 Å². The Balaban J connectivity index is 1.33. The number of nitrogens with zero attached hydrogens (tertiary/aromatic N) is 3. The van der Waals surface area contributed by atoms with Gasteiger partial charge in [0.1, 0.15) is 17.7 Å². The van der Waals surface area contributed by atoms with Crippen LogP contribution in [-0.2, 0) is 19.7 Å². The number of hydrogen-bond donors (Lipinski definition) is 1. The maximum Gasteiger partial charge on any atom is 0.413 e.